The number of amides is 1. The molecule has 0 saturated carbocycles. The molecule has 0 bridgehead atoms. The van der Waals surface area contributed by atoms with Crippen molar-refractivity contribution < 1.29 is 24.6 Å². The maximum absolute atomic E-state index is 13.4. The molecule has 194 valence electrons. The van der Waals surface area contributed by atoms with Crippen molar-refractivity contribution in [1.29, 1.82) is 0 Å². The number of hydrogen-bond acceptors (Lipinski definition) is 5. The van der Waals surface area contributed by atoms with Crippen LogP contribution in [0.4, 0.5) is 5.69 Å². The summed E-state index contributed by atoms with van der Waals surface area (Å²) >= 11 is 0. The molecular weight excluding hydrogens is 456 g/mol. The SMILES string of the molecule is CCCCCC(O)ON=C(C(=O)Nc1ccccc1C(=O)O)c1ccc2c(c1)C(C)(C)CCC2(C)C. The molecule has 2 aromatic carbocycles. The number of unbranched alkanes of at least 4 members (excludes halogenated alkanes) is 2. The van der Waals surface area contributed by atoms with Gasteiger partial charge in [0.15, 0.2) is 5.71 Å². The topological polar surface area (TPSA) is 108 Å². The third-order valence-corrected chi connectivity index (χ3v) is 7.07. The Hall–Kier alpha value is -3.19. The van der Waals surface area contributed by atoms with Crippen LogP contribution in [0.3, 0.4) is 0 Å². The molecular formula is C29H38N2O5. The van der Waals surface area contributed by atoms with Crippen LogP contribution in [0.2, 0.25) is 0 Å². The van der Waals surface area contributed by atoms with Crippen LogP contribution in [-0.4, -0.2) is 34.1 Å². The Kier molecular flexibility index (Phi) is 8.56. The van der Waals surface area contributed by atoms with Gasteiger partial charge in [-0.3, -0.25) is 4.79 Å². The quantitative estimate of drug-likeness (QED) is 0.163. The van der Waals surface area contributed by atoms with Gasteiger partial charge in [0.25, 0.3) is 5.91 Å². The van der Waals surface area contributed by atoms with E-state index in [0.717, 1.165) is 37.7 Å². The highest BCUT2D eigenvalue weighted by Crippen LogP contribution is 2.46. The number of aliphatic hydroxyl groups excluding tert-OH is 1. The first kappa shape index (κ1) is 27.4. The minimum atomic E-state index is -1.15. The van der Waals surface area contributed by atoms with Gasteiger partial charge < -0.3 is 20.4 Å². The molecule has 0 radical (unpaired) electrons. The molecule has 0 spiro atoms. The lowest BCUT2D eigenvalue weighted by Crippen LogP contribution is -2.34. The van der Waals surface area contributed by atoms with Gasteiger partial charge in [-0.05, 0) is 59.4 Å². The molecule has 0 aromatic heterocycles. The summed E-state index contributed by atoms with van der Waals surface area (Å²) in [5.74, 6) is -1.76. The summed E-state index contributed by atoms with van der Waals surface area (Å²) < 4.78 is 0. The number of aromatic carboxylic acids is 1. The number of nitrogens with one attached hydrogen (secondary N) is 1. The number of aliphatic hydroxyl groups is 1. The van der Waals surface area contributed by atoms with Crippen molar-refractivity contribution in [2.45, 2.75) is 90.3 Å². The fourth-order valence-corrected chi connectivity index (χ4v) is 4.66. The largest absolute Gasteiger partial charge is 0.478 e. The van der Waals surface area contributed by atoms with Crippen LogP contribution < -0.4 is 5.32 Å². The second kappa shape index (κ2) is 11.2. The smallest absolute Gasteiger partial charge is 0.337 e. The standard InChI is InChI=1S/C29H38N2O5/c1-6-7-8-13-24(32)36-31-25(26(33)30-23-12-10-9-11-20(23)27(34)35)19-14-15-21-22(18-19)29(4,5)17-16-28(21,2)3/h9-12,14-15,18,24,32H,6-8,13,16-17H2,1-5H3,(H,30,33)(H,34,35). The average molecular weight is 495 g/mol. The number of carboxylic acid groups (broad SMARTS) is 1. The minimum absolute atomic E-state index is 0.00927. The highest BCUT2D eigenvalue weighted by Gasteiger charge is 2.37. The van der Waals surface area contributed by atoms with Gasteiger partial charge in [0.2, 0.25) is 6.29 Å². The van der Waals surface area contributed by atoms with E-state index in [9.17, 15) is 19.8 Å². The number of fused-ring (bicyclic) bond motifs is 1. The molecule has 1 amide bonds. The maximum Gasteiger partial charge on any atom is 0.337 e. The first-order valence-electron chi connectivity index (χ1n) is 12.7. The Balaban J connectivity index is 2.00. The number of para-hydroxylation sites is 1. The summed E-state index contributed by atoms with van der Waals surface area (Å²) in [4.78, 5) is 30.4. The van der Waals surface area contributed by atoms with Crippen LogP contribution in [-0.2, 0) is 20.5 Å². The van der Waals surface area contributed by atoms with E-state index in [0.29, 0.717) is 12.0 Å². The van der Waals surface area contributed by atoms with Crippen LogP contribution in [0.25, 0.3) is 0 Å². The number of carbonyl (C=O) groups excluding carboxylic acids is 1. The Morgan fingerprint density at radius 2 is 1.69 bits per heavy atom. The predicted molar refractivity (Wildman–Crippen MR) is 142 cm³/mol. The van der Waals surface area contributed by atoms with E-state index in [1.54, 1.807) is 12.1 Å². The van der Waals surface area contributed by atoms with E-state index < -0.39 is 18.2 Å². The fourth-order valence-electron chi connectivity index (χ4n) is 4.66. The molecule has 0 heterocycles. The van der Waals surface area contributed by atoms with E-state index in [1.165, 1.54) is 17.7 Å². The average Bonchev–Trinajstić information content (AvgIpc) is 2.82. The van der Waals surface area contributed by atoms with Crippen molar-refractivity contribution in [3.05, 3.63) is 64.7 Å². The van der Waals surface area contributed by atoms with Gasteiger partial charge in [-0.1, -0.05) is 76.9 Å². The van der Waals surface area contributed by atoms with Crippen LogP contribution in [0, 0.1) is 0 Å². The molecule has 7 nitrogen and oxygen atoms in total. The van der Waals surface area contributed by atoms with Crippen molar-refractivity contribution >= 4 is 23.3 Å². The van der Waals surface area contributed by atoms with Gasteiger partial charge in [-0.15, -0.1) is 0 Å². The minimum Gasteiger partial charge on any atom is -0.478 e. The number of oxime groups is 1. The molecule has 1 aliphatic carbocycles. The van der Waals surface area contributed by atoms with Gasteiger partial charge in [-0.25, -0.2) is 4.79 Å². The van der Waals surface area contributed by atoms with Crippen molar-refractivity contribution in [2.75, 3.05) is 5.32 Å². The van der Waals surface area contributed by atoms with Crippen molar-refractivity contribution in [3.8, 4) is 0 Å². The first-order chi connectivity index (χ1) is 17.0. The third-order valence-electron chi connectivity index (χ3n) is 7.07. The second-order valence-corrected chi connectivity index (χ2v) is 10.8. The highest BCUT2D eigenvalue weighted by molar-refractivity contribution is 6.49. The van der Waals surface area contributed by atoms with Gasteiger partial charge in [0, 0.05) is 12.0 Å². The maximum atomic E-state index is 13.4. The van der Waals surface area contributed by atoms with E-state index in [4.69, 9.17) is 4.84 Å². The lowest BCUT2D eigenvalue weighted by atomic mass is 9.63. The van der Waals surface area contributed by atoms with E-state index in [2.05, 4.69) is 45.1 Å². The molecule has 0 aliphatic heterocycles. The molecule has 3 N–H and O–H groups in total. The molecule has 1 unspecified atom stereocenters. The predicted octanol–water partition coefficient (Wildman–Crippen LogP) is 5.99. The molecule has 2 aromatic rings. The normalized spacial score (nSPS) is 17.1. The fraction of sp³-hybridized carbons (Fsp3) is 0.483. The van der Waals surface area contributed by atoms with Crippen LogP contribution >= 0.6 is 0 Å². The van der Waals surface area contributed by atoms with Gasteiger partial charge in [0.05, 0.1) is 11.3 Å². The number of rotatable bonds is 10. The second-order valence-electron chi connectivity index (χ2n) is 10.8. The molecule has 1 aliphatic rings. The monoisotopic (exact) mass is 494 g/mol. The number of carbonyl (C=O) groups is 2. The summed E-state index contributed by atoms with van der Waals surface area (Å²) in [6.07, 6.45) is 4.08. The zero-order chi connectivity index (χ0) is 26.5. The Bertz CT molecular complexity index is 1140. The van der Waals surface area contributed by atoms with E-state index >= 15 is 0 Å². The van der Waals surface area contributed by atoms with Crippen molar-refractivity contribution in [1.82, 2.24) is 0 Å². The molecule has 36 heavy (non-hydrogen) atoms. The number of carboxylic acids is 1. The Morgan fingerprint density at radius 1 is 1.03 bits per heavy atom. The van der Waals surface area contributed by atoms with Gasteiger partial charge in [-0.2, -0.15) is 0 Å². The summed E-state index contributed by atoms with van der Waals surface area (Å²) in [6, 6.07) is 12.1. The summed E-state index contributed by atoms with van der Waals surface area (Å²) in [6.45, 7) is 10.9. The third kappa shape index (κ3) is 6.32. The lowest BCUT2D eigenvalue weighted by Gasteiger charge is -2.42. The zero-order valence-electron chi connectivity index (χ0n) is 21.9. The summed E-state index contributed by atoms with van der Waals surface area (Å²) in [7, 11) is 0. The van der Waals surface area contributed by atoms with Crippen LogP contribution in [0.15, 0.2) is 47.6 Å². The lowest BCUT2D eigenvalue weighted by molar-refractivity contribution is -0.113. The molecule has 0 fully saturated rings. The van der Waals surface area contributed by atoms with E-state index in [-0.39, 0.29) is 27.8 Å². The Labute approximate surface area is 213 Å². The van der Waals surface area contributed by atoms with Crippen LogP contribution in [0.1, 0.15) is 100 Å². The first-order valence-corrected chi connectivity index (χ1v) is 12.7. The molecule has 3 rings (SSSR count). The van der Waals surface area contributed by atoms with Gasteiger partial charge >= 0.3 is 5.97 Å². The van der Waals surface area contributed by atoms with Crippen molar-refractivity contribution in [3.63, 3.8) is 0 Å². The van der Waals surface area contributed by atoms with E-state index in [1.807, 2.05) is 18.2 Å². The number of benzene rings is 2. The van der Waals surface area contributed by atoms with Crippen molar-refractivity contribution in [2.24, 2.45) is 5.16 Å². The highest BCUT2D eigenvalue weighted by atomic mass is 16.7. The van der Waals surface area contributed by atoms with Crippen LogP contribution in [0.5, 0.6) is 0 Å². The zero-order valence-corrected chi connectivity index (χ0v) is 21.9. The molecule has 7 heteroatoms. The summed E-state index contributed by atoms with van der Waals surface area (Å²) in [5, 5.41) is 26.5. The number of hydrogen-bond donors (Lipinski definition) is 3. The Morgan fingerprint density at radius 3 is 2.36 bits per heavy atom. The number of nitrogens with zero attached hydrogens (tertiary/aromatic N) is 1. The molecule has 0 saturated heterocycles. The summed E-state index contributed by atoms with van der Waals surface area (Å²) in [5.41, 5.74) is 2.96. The number of anilines is 1. The van der Waals surface area contributed by atoms with Gasteiger partial charge in [0.1, 0.15) is 0 Å². The molecule has 1 atom stereocenters.